The number of carbonyl (C=O) groups is 2. The van der Waals surface area contributed by atoms with E-state index in [0.29, 0.717) is 22.7 Å². The van der Waals surface area contributed by atoms with E-state index in [9.17, 15) is 9.59 Å². The Labute approximate surface area is 132 Å². The van der Waals surface area contributed by atoms with Gasteiger partial charge in [-0.05, 0) is 49.7 Å². The first-order chi connectivity index (χ1) is 11.0. The maximum Gasteiger partial charge on any atom is 0.335 e. The van der Waals surface area contributed by atoms with Crippen molar-refractivity contribution < 1.29 is 14.7 Å². The van der Waals surface area contributed by atoms with Gasteiger partial charge in [0.2, 0.25) is 0 Å². The second-order valence-corrected chi connectivity index (χ2v) is 5.32. The Kier molecular flexibility index (Phi) is 3.57. The molecule has 0 fully saturated rings. The minimum atomic E-state index is -1.00. The molecule has 2 N–H and O–H groups in total. The maximum absolute atomic E-state index is 12.6. The van der Waals surface area contributed by atoms with Gasteiger partial charge in [-0.2, -0.15) is 0 Å². The van der Waals surface area contributed by atoms with Gasteiger partial charge in [0.25, 0.3) is 5.91 Å². The molecule has 0 aliphatic rings. The fraction of sp³-hybridized carbons (Fsp3) is 0.118. The predicted octanol–water partition coefficient (Wildman–Crippen LogP) is 2.90. The molecule has 23 heavy (non-hydrogen) atoms. The van der Waals surface area contributed by atoms with E-state index in [4.69, 9.17) is 5.11 Å². The van der Waals surface area contributed by atoms with Gasteiger partial charge in [0.15, 0.2) is 0 Å². The van der Waals surface area contributed by atoms with E-state index in [1.165, 1.54) is 12.1 Å². The molecule has 0 unspecified atom stereocenters. The molecule has 0 saturated heterocycles. The molecule has 0 radical (unpaired) electrons. The third kappa shape index (κ3) is 2.78. The third-order valence-electron chi connectivity index (χ3n) is 3.55. The normalized spacial score (nSPS) is 10.7. The number of aromatic carboxylic acids is 1. The average Bonchev–Trinajstić information content (AvgIpc) is 2.83. The average molecular weight is 309 g/mol. The topological polar surface area (TPSA) is 83.7 Å². The Morgan fingerprint density at radius 2 is 1.78 bits per heavy atom. The van der Waals surface area contributed by atoms with Crippen molar-refractivity contribution in [2.75, 3.05) is 5.32 Å². The molecule has 1 amide bonds. The van der Waals surface area contributed by atoms with Gasteiger partial charge in [0.1, 0.15) is 11.3 Å². The number of carbonyl (C=O) groups excluding carboxylic acids is 1. The molecule has 0 atom stereocenters. The summed E-state index contributed by atoms with van der Waals surface area (Å²) in [6, 6.07) is 9.82. The summed E-state index contributed by atoms with van der Waals surface area (Å²) in [6.07, 6.45) is 1.86. The number of aromatic nitrogens is 2. The fourth-order valence-electron chi connectivity index (χ4n) is 2.43. The van der Waals surface area contributed by atoms with Gasteiger partial charge in [-0.15, -0.1) is 0 Å². The van der Waals surface area contributed by atoms with Crippen LogP contribution in [-0.2, 0) is 0 Å². The molecular formula is C17H15N3O3. The Bertz CT molecular complexity index is 911. The number of hydrogen-bond acceptors (Lipinski definition) is 3. The fourth-order valence-corrected chi connectivity index (χ4v) is 2.43. The molecule has 6 nitrogen and oxygen atoms in total. The second-order valence-electron chi connectivity index (χ2n) is 5.32. The first-order valence-corrected chi connectivity index (χ1v) is 7.06. The Balaban J connectivity index is 1.93. The lowest BCUT2D eigenvalue weighted by Gasteiger charge is -2.07. The number of aryl methyl sites for hydroxylation is 2. The molecule has 3 aromatic rings. The molecule has 0 saturated carbocycles. The number of imidazole rings is 1. The van der Waals surface area contributed by atoms with Gasteiger partial charge in [0, 0.05) is 11.9 Å². The van der Waals surface area contributed by atoms with Crippen molar-refractivity contribution in [2.24, 2.45) is 0 Å². The number of anilines is 1. The summed E-state index contributed by atoms with van der Waals surface area (Å²) in [5.41, 5.74) is 3.53. The maximum atomic E-state index is 12.6. The lowest BCUT2D eigenvalue weighted by Crippen LogP contribution is -2.15. The predicted molar refractivity (Wildman–Crippen MR) is 86.0 cm³/mol. The number of carboxylic acid groups (broad SMARTS) is 1. The molecule has 1 aromatic carbocycles. The quantitative estimate of drug-likeness (QED) is 0.779. The van der Waals surface area contributed by atoms with E-state index in [1.807, 2.05) is 25.3 Å². The van der Waals surface area contributed by atoms with E-state index in [0.717, 1.165) is 5.56 Å². The van der Waals surface area contributed by atoms with E-state index < -0.39 is 5.97 Å². The Morgan fingerprint density at radius 3 is 2.43 bits per heavy atom. The zero-order valence-electron chi connectivity index (χ0n) is 12.7. The summed E-state index contributed by atoms with van der Waals surface area (Å²) in [5, 5.41) is 11.7. The number of nitrogens with one attached hydrogen (secondary N) is 1. The van der Waals surface area contributed by atoms with Crippen LogP contribution in [0.2, 0.25) is 0 Å². The lowest BCUT2D eigenvalue weighted by atomic mass is 10.2. The summed E-state index contributed by atoms with van der Waals surface area (Å²) < 4.78 is 1.76. The van der Waals surface area contributed by atoms with Crippen LogP contribution in [0.3, 0.4) is 0 Å². The van der Waals surface area contributed by atoms with Crippen LogP contribution in [0.5, 0.6) is 0 Å². The minimum absolute atomic E-state index is 0.171. The molecule has 3 rings (SSSR count). The molecule has 0 aliphatic carbocycles. The summed E-state index contributed by atoms with van der Waals surface area (Å²) in [6.45, 7) is 3.73. The molecular weight excluding hydrogens is 294 g/mol. The Morgan fingerprint density at radius 1 is 1.09 bits per heavy atom. The van der Waals surface area contributed by atoms with Crippen LogP contribution in [0.4, 0.5) is 5.69 Å². The van der Waals surface area contributed by atoms with Crippen molar-refractivity contribution in [3.05, 3.63) is 65.1 Å². The summed E-state index contributed by atoms with van der Waals surface area (Å²) >= 11 is 0. The van der Waals surface area contributed by atoms with Crippen LogP contribution in [0, 0.1) is 13.8 Å². The van der Waals surface area contributed by atoms with Crippen LogP contribution in [0.15, 0.2) is 42.6 Å². The van der Waals surface area contributed by atoms with E-state index in [2.05, 4.69) is 10.3 Å². The second kappa shape index (κ2) is 5.57. The number of hydrogen-bond donors (Lipinski definition) is 2. The minimum Gasteiger partial charge on any atom is -0.478 e. The van der Waals surface area contributed by atoms with Crippen molar-refractivity contribution in [1.29, 1.82) is 0 Å². The van der Waals surface area contributed by atoms with Crippen LogP contribution in [0.25, 0.3) is 5.65 Å². The number of carboxylic acids is 1. The number of amides is 1. The molecule has 6 heteroatoms. The van der Waals surface area contributed by atoms with Crippen molar-refractivity contribution in [3.8, 4) is 0 Å². The van der Waals surface area contributed by atoms with Gasteiger partial charge in [-0.1, -0.05) is 6.07 Å². The van der Waals surface area contributed by atoms with Crippen molar-refractivity contribution in [1.82, 2.24) is 9.38 Å². The number of fused-ring (bicyclic) bond motifs is 1. The van der Waals surface area contributed by atoms with Gasteiger partial charge >= 0.3 is 5.97 Å². The SMILES string of the molecule is Cc1ccc2nc(C)c(C(=O)Nc3ccc(C(=O)O)cc3)n2c1. The van der Waals surface area contributed by atoms with Crippen molar-refractivity contribution in [2.45, 2.75) is 13.8 Å². The molecule has 0 spiro atoms. The zero-order valence-corrected chi connectivity index (χ0v) is 12.7. The van der Waals surface area contributed by atoms with Gasteiger partial charge in [-0.25, -0.2) is 9.78 Å². The van der Waals surface area contributed by atoms with Crippen molar-refractivity contribution in [3.63, 3.8) is 0 Å². The monoisotopic (exact) mass is 309 g/mol. The van der Waals surface area contributed by atoms with Crippen molar-refractivity contribution >= 4 is 23.2 Å². The molecule has 116 valence electrons. The smallest absolute Gasteiger partial charge is 0.335 e. The van der Waals surface area contributed by atoms with Crippen LogP contribution < -0.4 is 5.32 Å². The first kappa shape index (κ1) is 14.8. The highest BCUT2D eigenvalue weighted by Crippen LogP contribution is 2.16. The molecule has 0 bridgehead atoms. The zero-order chi connectivity index (χ0) is 16.6. The third-order valence-corrected chi connectivity index (χ3v) is 3.55. The van der Waals surface area contributed by atoms with Gasteiger partial charge in [0.05, 0.1) is 11.3 Å². The number of benzene rings is 1. The molecule has 2 heterocycles. The highest BCUT2D eigenvalue weighted by Gasteiger charge is 2.17. The summed E-state index contributed by atoms with van der Waals surface area (Å²) in [4.78, 5) is 27.8. The van der Waals surface area contributed by atoms with E-state index in [-0.39, 0.29) is 11.5 Å². The van der Waals surface area contributed by atoms with Crippen LogP contribution in [0.1, 0.15) is 32.1 Å². The Hall–Kier alpha value is -3.15. The van der Waals surface area contributed by atoms with E-state index >= 15 is 0 Å². The standard InChI is InChI=1S/C17H15N3O3/c1-10-3-8-14-18-11(2)15(20(14)9-10)16(21)19-13-6-4-12(5-7-13)17(22)23/h3-9H,1-2H3,(H,19,21)(H,22,23). The molecule has 0 aliphatic heterocycles. The first-order valence-electron chi connectivity index (χ1n) is 7.06. The highest BCUT2D eigenvalue weighted by molar-refractivity contribution is 6.04. The number of nitrogens with zero attached hydrogens (tertiary/aromatic N) is 2. The van der Waals surface area contributed by atoms with Crippen LogP contribution in [-0.4, -0.2) is 26.4 Å². The van der Waals surface area contributed by atoms with E-state index in [1.54, 1.807) is 23.5 Å². The summed E-state index contributed by atoms with van der Waals surface area (Å²) in [5.74, 6) is -1.29. The molecule has 2 aromatic heterocycles. The number of pyridine rings is 1. The highest BCUT2D eigenvalue weighted by atomic mass is 16.4. The van der Waals surface area contributed by atoms with Gasteiger partial charge in [-0.3, -0.25) is 9.20 Å². The largest absolute Gasteiger partial charge is 0.478 e. The lowest BCUT2D eigenvalue weighted by molar-refractivity contribution is 0.0696. The summed E-state index contributed by atoms with van der Waals surface area (Å²) in [7, 11) is 0. The van der Waals surface area contributed by atoms with Gasteiger partial charge < -0.3 is 10.4 Å². The number of rotatable bonds is 3. The van der Waals surface area contributed by atoms with Crippen LogP contribution >= 0.6 is 0 Å².